The highest BCUT2D eigenvalue weighted by molar-refractivity contribution is 7.84. The molecule has 0 aliphatic heterocycles. The van der Waals surface area contributed by atoms with Gasteiger partial charge in [-0.05, 0) is 18.6 Å². The first-order chi connectivity index (χ1) is 8.06. The lowest BCUT2D eigenvalue weighted by Gasteiger charge is -2.06. The predicted molar refractivity (Wildman–Crippen MR) is 67.0 cm³/mol. The van der Waals surface area contributed by atoms with Gasteiger partial charge in [0.15, 0.2) is 0 Å². The van der Waals surface area contributed by atoms with Crippen LogP contribution >= 0.6 is 0 Å². The number of carbonyl (C=O) groups excluding carboxylic acids is 1. The molecule has 1 N–H and O–H groups in total. The van der Waals surface area contributed by atoms with E-state index in [-0.39, 0.29) is 5.56 Å². The summed E-state index contributed by atoms with van der Waals surface area (Å²) in [5.41, 5.74) is 0.474. The Bertz CT molecular complexity index is 435. The third-order valence-electron chi connectivity index (χ3n) is 2.37. The molecule has 0 saturated heterocycles. The molecule has 1 aromatic carbocycles. The molecule has 0 aliphatic rings. The molecule has 94 valence electrons. The molecule has 3 nitrogen and oxygen atoms in total. The molecule has 0 bridgehead atoms. The number of aryl methyl sites for hydroxylation is 1. The third-order valence-corrected chi connectivity index (χ3v) is 3.68. The van der Waals surface area contributed by atoms with E-state index in [1.807, 2.05) is 6.92 Å². The second-order valence-electron chi connectivity index (χ2n) is 3.62. The molecule has 1 atom stereocenters. The maximum Gasteiger partial charge on any atom is 0.254 e. The van der Waals surface area contributed by atoms with Crippen LogP contribution in [-0.4, -0.2) is 28.2 Å². The number of carbonyl (C=O) groups is 1. The molecule has 1 unspecified atom stereocenters. The van der Waals surface area contributed by atoms with Crippen molar-refractivity contribution in [1.82, 2.24) is 5.32 Å². The van der Waals surface area contributed by atoms with Gasteiger partial charge in [0.05, 0.1) is 5.56 Å². The van der Waals surface area contributed by atoms with E-state index >= 15 is 0 Å². The van der Waals surface area contributed by atoms with Crippen molar-refractivity contribution in [2.75, 3.05) is 18.1 Å². The Morgan fingerprint density at radius 1 is 1.47 bits per heavy atom. The summed E-state index contributed by atoms with van der Waals surface area (Å²) >= 11 is 0. The molecule has 1 rings (SSSR count). The minimum absolute atomic E-state index is 0.0345. The van der Waals surface area contributed by atoms with E-state index in [0.717, 1.165) is 0 Å². The van der Waals surface area contributed by atoms with Gasteiger partial charge < -0.3 is 5.32 Å². The van der Waals surface area contributed by atoms with Crippen molar-refractivity contribution in [2.45, 2.75) is 13.8 Å². The van der Waals surface area contributed by atoms with Crippen molar-refractivity contribution in [3.8, 4) is 0 Å². The van der Waals surface area contributed by atoms with Gasteiger partial charge in [-0.15, -0.1) is 0 Å². The Hall–Kier alpha value is -1.23. The predicted octanol–water partition coefficient (Wildman–Crippen LogP) is 1.63. The summed E-state index contributed by atoms with van der Waals surface area (Å²) in [4.78, 5) is 11.6. The highest BCUT2D eigenvalue weighted by atomic mass is 32.2. The fraction of sp³-hybridized carbons (Fsp3) is 0.417. The lowest BCUT2D eigenvalue weighted by molar-refractivity contribution is 0.0952. The summed E-state index contributed by atoms with van der Waals surface area (Å²) in [5, 5.41) is 2.56. The van der Waals surface area contributed by atoms with Crippen LogP contribution in [0.1, 0.15) is 22.8 Å². The van der Waals surface area contributed by atoms with Crippen LogP contribution in [0, 0.1) is 12.7 Å². The van der Waals surface area contributed by atoms with Crippen LogP contribution in [0.15, 0.2) is 18.2 Å². The molecule has 0 radical (unpaired) electrons. The largest absolute Gasteiger partial charge is 0.351 e. The number of hydrogen-bond acceptors (Lipinski definition) is 2. The summed E-state index contributed by atoms with van der Waals surface area (Å²) in [6.45, 7) is 3.73. The van der Waals surface area contributed by atoms with Crippen LogP contribution in [0.5, 0.6) is 0 Å². The first-order valence-corrected chi connectivity index (χ1v) is 6.93. The third kappa shape index (κ3) is 3.93. The summed E-state index contributed by atoms with van der Waals surface area (Å²) < 4.78 is 24.7. The van der Waals surface area contributed by atoms with Gasteiger partial charge in [-0.3, -0.25) is 9.00 Å². The lowest BCUT2D eigenvalue weighted by atomic mass is 10.1. The van der Waals surface area contributed by atoms with Gasteiger partial charge in [0, 0.05) is 28.9 Å². The van der Waals surface area contributed by atoms with Crippen molar-refractivity contribution in [1.29, 1.82) is 0 Å². The first-order valence-electron chi connectivity index (χ1n) is 5.44. The molecule has 1 amide bonds. The van der Waals surface area contributed by atoms with E-state index in [9.17, 15) is 13.4 Å². The summed E-state index contributed by atoms with van der Waals surface area (Å²) in [6, 6.07) is 4.68. The van der Waals surface area contributed by atoms with Gasteiger partial charge in [-0.25, -0.2) is 4.39 Å². The zero-order valence-corrected chi connectivity index (χ0v) is 10.8. The average molecular weight is 257 g/mol. The highest BCUT2D eigenvalue weighted by Crippen LogP contribution is 2.11. The molecule has 17 heavy (non-hydrogen) atoms. The second kappa shape index (κ2) is 6.49. The van der Waals surface area contributed by atoms with E-state index < -0.39 is 22.5 Å². The molecule has 0 aromatic heterocycles. The Labute approximate surface area is 103 Å². The second-order valence-corrected chi connectivity index (χ2v) is 5.49. The Morgan fingerprint density at radius 2 is 2.18 bits per heavy atom. The quantitative estimate of drug-likeness (QED) is 0.871. The van der Waals surface area contributed by atoms with Gasteiger partial charge in [0.25, 0.3) is 5.91 Å². The maximum absolute atomic E-state index is 13.6. The standard InChI is InChI=1S/C12H16FNO2S/c1-3-17(16)8-7-14-12(15)10-6-4-5-9(2)11(10)13/h4-6H,3,7-8H2,1-2H3,(H,14,15). The molecular weight excluding hydrogens is 241 g/mol. The number of benzene rings is 1. The van der Waals surface area contributed by atoms with Crippen molar-refractivity contribution < 1.29 is 13.4 Å². The van der Waals surface area contributed by atoms with Gasteiger partial charge in [-0.2, -0.15) is 0 Å². The van der Waals surface area contributed by atoms with Crippen molar-refractivity contribution in [3.05, 3.63) is 35.1 Å². The van der Waals surface area contributed by atoms with Crippen LogP contribution < -0.4 is 5.32 Å². The van der Waals surface area contributed by atoms with Crippen LogP contribution in [0.4, 0.5) is 4.39 Å². The van der Waals surface area contributed by atoms with E-state index in [2.05, 4.69) is 5.32 Å². The molecule has 0 spiro atoms. The zero-order valence-electron chi connectivity index (χ0n) is 9.96. The van der Waals surface area contributed by atoms with Crippen LogP contribution in [0.2, 0.25) is 0 Å². The zero-order chi connectivity index (χ0) is 12.8. The summed E-state index contributed by atoms with van der Waals surface area (Å²) in [5.74, 6) is 0.00517. The monoisotopic (exact) mass is 257 g/mol. The highest BCUT2D eigenvalue weighted by Gasteiger charge is 2.12. The normalized spacial score (nSPS) is 12.2. The van der Waals surface area contributed by atoms with Gasteiger partial charge in [0.1, 0.15) is 5.82 Å². The van der Waals surface area contributed by atoms with E-state index in [1.165, 1.54) is 6.07 Å². The summed E-state index contributed by atoms with van der Waals surface area (Å²) in [6.07, 6.45) is 0. The number of hydrogen-bond donors (Lipinski definition) is 1. The number of rotatable bonds is 5. The SMILES string of the molecule is CCS(=O)CCNC(=O)c1cccc(C)c1F. The average Bonchev–Trinajstić information content (AvgIpc) is 2.32. The maximum atomic E-state index is 13.6. The molecular formula is C12H16FNO2S. The number of nitrogens with one attached hydrogen (secondary N) is 1. The Kier molecular flexibility index (Phi) is 5.28. The van der Waals surface area contributed by atoms with Crippen LogP contribution in [0.25, 0.3) is 0 Å². The smallest absolute Gasteiger partial charge is 0.254 e. The van der Waals surface area contributed by atoms with Crippen molar-refractivity contribution in [2.24, 2.45) is 0 Å². The molecule has 0 fully saturated rings. The molecule has 0 aliphatic carbocycles. The topological polar surface area (TPSA) is 46.2 Å². The van der Waals surface area contributed by atoms with E-state index in [1.54, 1.807) is 19.1 Å². The van der Waals surface area contributed by atoms with E-state index in [4.69, 9.17) is 0 Å². The first kappa shape index (κ1) is 13.8. The number of halogens is 1. The molecule has 0 heterocycles. The van der Waals surface area contributed by atoms with Gasteiger partial charge >= 0.3 is 0 Å². The number of amides is 1. The summed E-state index contributed by atoms with van der Waals surface area (Å²) in [7, 11) is -0.918. The van der Waals surface area contributed by atoms with E-state index in [0.29, 0.717) is 23.6 Å². The molecule has 5 heteroatoms. The van der Waals surface area contributed by atoms with Crippen molar-refractivity contribution in [3.63, 3.8) is 0 Å². The Balaban J connectivity index is 2.59. The van der Waals surface area contributed by atoms with Gasteiger partial charge in [-0.1, -0.05) is 19.1 Å². The minimum Gasteiger partial charge on any atom is -0.351 e. The molecule has 0 saturated carbocycles. The minimum atomic E-state index is -0.918. The fourth-order valence-corrected chi connectivity index (χ4v) is 1.96. The Morgan fingerprint density at radius 3 is 2.82 bits per heavy atom. The fourth-order valence-electron chi connectivity index (χ4n) is 1.34. The molecule has 1 aromatic rings. The van der Waals surface area contributed by atoms with Crippen molar-refractivity contribution >= 4 is 16.7 Å². The van der Waals surface area contributed by atoms with Gasteiger partial charge in [0.2, 0.25) is 0 Å². The lowest BCUT2D eigenvalue weighted by Crippen LogP contribution is -2.28. The van der Waals surface area contributed by atoms with Crippen LogP contribution in [-0.2, 0) is 10.8 Å². The van der Waals surface area contributed by atoms with Crippen LogP contribution in [0.3, 0.4) is 0 Å².